The molecule has 0 atom stereocenters. The van der Waals surface area contributed by atoms with Crippen LogP contribution in [0.15, 0.2) is 50.5 Å². The van der Waals surface area contributed by atoms with Gasteiger partial charge in [-0.05, 0) is 36.1 Å². The molecule has 2 N–H and O–H groups in total. The molecule has 3 aromatic rings. The number of sulfonamides is 1. The van der Waals surface area contributed by atoms with Crippen LogP contribution in [0.1, 0.15) is 30.9 Å². The van der Waals surface area contributed by atoms with Crippen molar-refractivity contribution in [2.24, 2.45) is 0 Å². The molecule has 0 saturated carbocycles. The number of nitrogens with one attached hydrogen (secondary N) is 2. The Morgan fingerprint density at radius 1 is 1.17 bits per heavy atom. The lowest BCUT2D eigenvalue weighted by atomic mass is 9.99. The lowest BCUT2D eigenvalue weighted by molar-refractivity contribution is 0.554. The van der Waals surface area contributed by atoms with Crippen molar-refractivity contribution in [1.82, 2.24) is 4.98 Å². The van der Waals surface area contributed by atoms with E-state index < -0.39 is 15.8 Å². The maximum Gasteiger partial charge on any atom is 0.417 e. The summed E-state index contributed by atoms with van der Waals surface area (Å²) in [4.78, 5) is 13.7. The van der Waals surface area contributed by atoms with Crippen LogP contribution in [-0.2, 0) is 10.0 Å². The van der Waals surface area contributed by atoms with Gasteiger partial charge in [-0.15, -0.1) is 0 Å². The number of H-pyrrole nitrogens is 1. The largest absolute Gasteiger partial charge is 0.417 e. The van der Waals surface area contributed by atoms with Crippen LogP contribution in [0.25, 0.3) is 11.1 Å². The van der Waals surface area contributed by atoms with E-state index in [-0.39, 0.29) is 16.4 Å². The zero-order valence-electron chi connectivity index (χ0n) is 13.6. The number of fused-ring (bicyclic) bond motifs is 1. The zero-order chi connectivity index (χ0) is 17.5. The fraction of sp³-hybridized carbons (Fsp3) is 0.235. The minimum absolute atomic E-state index is 0.0377. The highest BCUT2D eigenvalue weighted by Crippen LogP contribution is 2.30. The SMILES string of the molecule is Cc1cccc(C(C)C)c1NS(=O)(=O)c1ccc2[nH]c(=O)oc2c1. The predicted octanol–water partition coefficient (Wildman–Crippen LogP) is 3.35. The Morgan fingerprint density at radius 3 is 2.62 bits per heavy atom. The van der Waals surface area contributed by atoms with E-state index in [0.717, 1.165) is 11.1 Å². The van der Waals surface area contributed by atoms with E-state index in [4.69, 9.17) is 4.42 Å². The van der Waals surface area contributed by atoms with Crippen molar-refractivity contribution in [2.45, 2.75) is 31.6 Å². The lowest BCUT2D eigenvalue weighted by Crippen LogP contribution is -2.15. The molecule has 0 radical (unpaired) electrons. The van der Waals surface area contributed by atoms with E-state index in [1.54, 1.807) is 0 Å². The summed E-state index contributed by atoms with van der Waals surface area (Å²) < 4.78 is 33.1. The van der Waals surface area contributed by atoms with Crippen molar-refractivity contribution in [3.05, 3.63) is 58.1 Å². The molecule has 7 heteroatoms. The number of oxazole rings is 1. The summed E-state index contributed by atoms with van der Waals surface area (Å²) in [6.07, 6.45) is 0. The van der Waals surface area contributed by atoms with Crippen LogP contribution in [0.2, 0.25) is 0 Å². The third kappa shape index (κ3) is 2.94. The summed E-state index contributed by atoms with van der Waals surface area (Å²) >= 11 is 0. The van der Waals surface area contributed by atoms with Gasteiger partial charge in [0.25, 0.3) is 10.0 Å². The Hall–Kier alpha value is -2.54. The van der Waals surface area contributed by atoms with Crippen molar-refractivity contribution in [2.75, 3.05) is 4.72 Å². The summed E-state index contributed by atoms with van der Waals surface area (Å²) in [5, 5.41) is 0. The maximum atomic E-state index is 12.7. The smallest absolute Gasteiger partial charge is 0.408 e. The molecule has 2 aromatic carbocycles. The van der Waals surface area contributed by atoms with Crippen molar-refractivity contribution >= 4 is 26.8 Å². The number of aromatic nitrogens is 1. The van der Waals surface area contributed by atoms with Crippen molar-refractivity contribution in [3.8, 4) is 0 Å². The maximum absolute atomic E-state index is 12.7. The van der Waals surface area contributed by atoms with Crippen molar-refractivity contribution in [1.29, 1.82) is 0 Å². The Kier molecular flexibility index (Phi) is 3.96. The molecule has 1 heterocycles. The van der Waals surface area contributed by atoms with Crippen LogP contribution < -0.4 is 10.5 Å². The first kappa shape index (κ1) is 16.3. The van der Waals surface area contributed by atoms with Crippen molar-refractivity contribution < 1.29 is 12.8 Å². The van der Waals surface area contributed by atoms with E-state index in [0.29, 0.717) is 11.2 Å². The number of anilines is 1. The first-order valence-electron chi connectivity index (χ1n) is 7.53. The Bertz CT molecular complexity index is 1060. The molecule has 0 unspecified atom stereocenters. The second-order valence-corrected chi connectivity index (χ2v) is 7.65. The third-order valence-electron chi connectivity index (χ3n) is 3.87. The molecule has 0 fully saturated rings. The quantitative estimate of drug-likeness (QED) is 0.758. The minimum atomic E-state index is -3.80. The third-order valence-corrected chi connectivity index (χ3v) is 5.21. The van der Waals surface area contributed by atoms with Crippen molar-refractivity contribution in [3.63, 3.8) is 0 Å². The van der Waals surface area contributed by atoms with E-state index in [1.165, 1.54) is 18.2 Å². The standard InChI is InChI=1S/C17H18N2O4S/c1-10(2)13-6-4-5-11(3)16(13)19-24(21,22)12-7-8-14-15(9-12)23-17(20)18-14/h4-10,19H,1-3H3,(H,18,20). The molecular weight excluding hydrogens is 328 g/mol. The van der Waals surface area contributed by atoms with Gasteiger partial charge < -0.3 is 4.42 Å². The lowest BCUT2D eigenvalue weighted by Gasteiger charge is -2.17. The second kappa shape index (κ2) is 5.83. The molecular formula is C17H18N2O4S. The molecule has 0 aliphatic carbocycles. The van der Waals surface area contributed by atoms with Gasteiger partial charge in [0.1, 0.15) is 0 Å². The molecule has 24 heavy (non-hydrogen) atoms. The molecule has 1 aromatic heterocycles. The fourth-order valence-electron chi connectivity index (χ4n) is 2.60. The fourth-order valence-corrected chi connectivity index (χ4v) is 3.77. The molecule has 126 valence electrons. The van der Waals surface area contributed by atoms with Gasteiger partial charge in [-0.1, -0.05) is 32.0 Å². The highest BCUT2D eigenvalue weighted by molar-refractivity contribution is 7.92. The van der Waals surface area contributed by atoms with Crippen LogP contribution in [-0.4, -0.2) is 13.4 Å². The van der Waals surface area contributed by atoms with Gasteiger partial charge in [-0.2, -0.15) is 0 Å². The molecule has 6 nitrogen and oxygen atoms in total. The molecule has 0 aliphatic rings. The molecule has 3 rings (SSSR count). The molecule has 0 aliphatic heterocycles. The average molecular weight is 346 g/mol. The number of hydrogen-bond donors (Lipinski definition) is 2. The van der Waals surface area contributed by atoms with Gasteiger partial charge in [0.05, 0.1) is 16.1 Å². The number of aryl methyl sites for hydroxylation is 1. The zero-order valence-corrected chi connectivity index (χ0v) is 14.4. The first-order chi connectivity index (χ1) is 11.3. The summed E-state index contributed by atoms with van der Waals surface area (Å²) in [5.41, 5.74) is 3.02. The van der Waals surface area contributed by atoms with Gasteiger partial charge >= 0.3 is 5.76 Å². The minimum Gasteiger partial charge on any atom is -0.408 e. The number of aromatic amines is 1. The number of rotatable bonds is 4. The molecule has 0 amide bonds. The van der Waals surface area contributed by atoms with Crippen LogP contribution in [0, 0.1) is 6.92 Å². The topological polar surface area (TPSA) is 92.2 Å². The van der Waals surface area contributed by atoms with Crippen LogP contribution >= 0.6 is 0 Å². The number of para-hydroxylation sites is 1. The monoisotopic (exact) mass is 346 g/mol. The van der Waals surface area contributed by atoms with Gasteiger partial charge in [0, 0.05) is 6.07 Å². The van der Waals surface area contributed by atoms with Gasteiger partial charge in [0.15, 0.2) is 5.58 Å². The normalized spacial score (nSPS) is 12.0. The Labute approximate surface area is 139 Å². The van der Waals surface area contributed by atoms with Crippen LogP contribution in [0.5, 0.6) is 0 Å². The van der Waals surface area contributed by atoms with E-state index in [9.17, 15) is 13.2 Å². The van der Waals surface area contributed by atoms with E-state index >= 15 is 0 Å². The number of benzene rings is 2. The summed E-state index contributed by atoms with van der Waals surface area (Å²) in [6.45, 7) is 5.87. The highest BCUT2D eigenvalue weighted by atomic mass is 32.2. The average Bonchev–Trinajstić information content (AvgIpc) is 2.88. The van der Waals surface area contributed by atoms with Crippen LogP contribution in [0.4, 0.5) is 5.69 Å². The predicted molar refractivity (Wildman–Crippen MR) is 92.9 cm³/mol. The highest BCUT2D eigenvalue weighted by Gasteiger charge is 2.19. The van der Waals surface area contributed by atoms with E-state index in [1.807, 2.05) is 39.0 Å². The number of hydrogen-bond acceptors (Lipinski definition) is 4. The van der Waals surface area contributed by atoms with Crippen LogP contribution in [0.3, 0.4) is 0 Å². The Balaban J connectivity index is 2.06. The van der Waals surface area contributed by atoms with Gasteiger partial charge in [-0.3, -0.25) is 9.71 Å². The van der Waals surface area contributed by atoms with E-state index in [2.05, 4.69) is 9.71 Å². The summed E-state index contributed by atoms with van der Waals surface area (Å²) in [7, 11) is -3.80. The summed E-state index contributed by atoms with van der Waals surface area (Å²) in [6, 6.07) is 9.95. The first-order valence-corrected chi connectivity index (χ1v) is 9.01. The molecule has 0 spiro atoms. The summed E-state index contributed by atoms with van der Waals surface area (Å²) in [5.74, 6) is -0.443. The Morgan fingerprint density at radius 2 is 1.92 bits per heavy atom. The van der Waals surface area contributed by atoms with Gasteiger partial charge in [0.2, 0.25) is 0 Å². The molecule has 0 saturated heterocycles. The van der Waals surface area contributed by atoms with Gasteiger partial charge in [-0.25, -0.2) is 13.2 Å². The molecule has 0 bridgehead atoms. The second-order valence-electron chi connectivity index (χ2n) is 5.97.